The van der Waals surface area contributed by atoms with Gasteiger partial charge >= 0.3 is 0 Å². The normalized spacial score (nSPS) is 14.5. The van der Waals surface area contributed by atoms with Crippen LogP contribution >= 0.6 is 0 Å². The maximum Gasteiger partial charge on any atom is 0.290 e. The van der Waals surface area contributed by atoms with Crippen LogP contribution in [-0.4, -0.2) is 35.0 Å². The Labute approximate surface area is 177 Å². The number of hydrogen-bond donors (Lipinski definition) is 1. The molecule has 2 amide bonds. The van der Waals surface area contributed by atoms with Crippen LogP contribution in [0, 0.1) is 11.6 Å². The van der Waals surface area contributed by atoms with Crippen LogP contribution in [0.5, 0.6) is 0 Å². The van der Waals surface area contributed by atoms with Crippen LogP contribution in [0.15, 0.2) is 59.1 Å². The van der Waals surface area contributed by atoms with Crippen LogP contribution in [-0.2, 0) is 6.54 Å². The number of nitrogens with zero attached hydrogens (tertiary/aromatic N) is 2. The lowest BCUT2D eigenvalue weighted by atomic mass is 9.93. The van der Waals surface area contributed by atoms with E-state index in [-0.39, 0.29) is 35.5 Å². The second-order valence-corrected chi connectivity index (χ2v) is 7.47. The third-order valence-corrected chi connectivity index (χ3v) is 5.40. The standard InChI is InChI=1S/C23H21F2N3O3/c24-17-5-3-4-15(12-17)14-26-22(29)21-13-20(27-31-21)16-8-10-28(11-9-16)23(30)18-6-1-2-7-19(18)25/h1-7,12-13,16H,8-11,14H2,(H,26,29). The zero-order valence-corrected chi connectivity index (χ0v) is 16.7. The van der Waals surface area contributed by atoms with Gasteiger partial charge in [-0.1, -0.05) is 29.4 Å². The Morgan fingerprint density at radius 1 is 1.06 bits per heavy atom. The van der Waals surface area contributed by atoms with Crippen LogP contribution in [0.1, 0.15) is 50.9 Å². The van der Waals surface area contributed by atoms with Crippen LogP contribution < -0.4 is 5.32 Å². The van der Waals surface area contributed by atoms with E-state index in [2.05, 4.69) is 10.5 Å². The van der Waals surface area contributed by atoms with Crippen LogP contribution in [0.25, 0.3) is 0 Å². The van der Waals surface area contributed by atoms with Crippen molar-refractivity contribution in [1.82, 2.24) is 15.4 Å². The fraction of sp³-hybridized carbons (Fsp3) is 0.261. The summed E-state index contributed by atoms with van der Waals surface area (Å²) in [6, 6.07) is 13.5. The van der Waals surface area contributed by atoms with E-state index in [0.717, 1.165) is 0 Å². The topological polar surface area (TPSA) is 75.4 Å². The molecule has 3 aromatic rings. The minimum absolute atomic E-state index is 0.0400. The van der Waals surface area contributed by atoms with Crippen LogP contribution in [0.2, 0.25) is 0 Å². The number of nitrogens with one attached hydrogen (secondary N) is 1. The molecule has 2 heterocycles. The van der Waals surface area contributed by atoms with Gasteiger partial charge in [0.25, 0.3) is 11.8 Å². The van der Waals surface area contributed by atoms with Gasteiger partial charge in [-0.3, -0.25) is 9.59 Å². The maximum absolute atomic E-state index is 13.9. The van der Waals surface area contributed by atoms with E-state index in [1.807, 2.05) is 0 Å². The van der Waals surface area contributed by atoms with Crippen molar-refractivity contribution in [3.05, 3.63) is 88.8 Å². The fourth-order valence-electron chi connectivity index (χ4n) is 3.69. The molecular weight excluding hydrogens is 404 g/mol. The highest BCUT2D eigenvalue weighted by Gasteiger charge is 2.28. The predicted octanol–water partition coefficient (Wildman–Crippen LogP) is 3.90. The quantitative estimate of drug-likeness (QED) is 0.673. The van der Waals surface area contributed by atoms with Crippen molar-refractivity contribution in [2.24, 2.45) is 0 Å². The summed E-state index contributed by atoms with van der Waals surface area (Å²) in [5.41, 5.74) is 1.36. The van der Waals surface area contributed by atoms with E-state index >= 15 is 0 Å². The summed E-state index contributed by atoms with van der Waals surface area (Å²) in [6.07, 6.45) is 1.27. The largest absolute Gasteiger partial charge is 0.351 e. The first-order valence-electron chi connectivity index (χ1n) is 10.0. The molecule has 0 spiro atoms. The van der Waals surface area contributed by atoms with Crippen molar-refractivity contribution in [2.75, 3.05) is 13.1 Å². The van der Waals surface area contributed by atoms with E-state index in [0.29, 0.717) is 37.2 Å². The summed E-state index contributed by atoms with van der Waals surface area (Å²) in [4.78, 5) is 26.5. The molecule has 0 aliphatic carbocycles. The van der Waals surface area contributed by atoms with Gasteiger partial charge in [0.2, 0.25) is 5.76 Å². The summed E-state index contributed by atoms with van der Waals surface area (Å²) in [6.45, 7) is 1.10. The highest BCUT2D eigenvalue weighted by atomic mass is 19.1. The molecule has 1 aromatic heterocycles. The summed E-state index contributed by atoms with van der Waals surface area (Å²) in [5, 5.41) is 6.69. The molecule has 1 fully saturated rings. The van der Waals surface area contributed by atoms with E-state index in [1.54, 1.807) is 35.2 Å². The van der Waals surface area contributed by atoms with Crippen LogP contribution in [0.4, 0.5) is 8.78 Å². The lowest BCUT2D eigenvalue weighted by Gasteiger charge is -2.31. The zero-order chi connectivity index (χ0) is 21.8. The molecule has 6 nitrogen and oxygen atoms in total. The Bertz CT molecular complexity index is 1090. The van der Waals surface area contributed by atoms with Crippen molar-refractivity contribution in [3.63, 3.8) is 0 Å². The van der Waals surface area contributed by atoms with Gasteiger partial charge in [0.15, 0.2) is 0 Å². The number of amides is 2. The first kappa shape index (κ1) is 20.7. The Balaban J connectivity index is 1.32. The third kappa shape index (κ3) is 4.79. The molecule has 1 aliphatic rings. The van der Waals surface area contributed by atoms with E-state index in [1.165, 1.54) is 24.3 Å². The van der Waals surface area contributed by atoms with Crippen molar-refractivity contribution >= 4 is 11.8 Å². The van der Waals surface area contributed by atoms with Gasteiger partial charge in [-0.25, -0.2) is 8.78 Å². The monoisotopic (exact) mass is 425 g/mol. The van der Waals surface area contributed by atoms with Crippen molar-refractivity contribution < 1.29 is 22.9 Å². The molecule has 160 valence electrons. The average Bonchev–Trinajstić information content (AvgIpc) is 3.28. The van der Waals surface area contributed by atoms with E-state index in [9.17, 15) is 18.4 Å². The predicted molar refractivity (Wildman–Crippen MR) is 108 cm³/mol. The Kier molecular flexibility index (Phi) is 6.06. The summed E-state index contributed by atoms with van der Waals surface area (Å²) in [7, 11) is 0. The number of piperidine rings is 1. The molecule has 0 radical (unpaired) electrons. The average molecular weight is 425 g/mol. The molecule has 0 saturated carbocycles. The number of rotatable bonds is 5. The minimum Gasteiger partial charge on any atom is -0.351 e. The molecule has 1 N–H and O–H groups in total. The van der Waals surface area contributed by atoms with Gasteiger partial charge in [-0.15, -0.1) is 0 Å². The summed E-state index contributed by atoms with van der Waals surface area (Å²) in [5.74, 6) is -1.53. The van der Waals surface area contributed by atoms with E-state index in [4.69, 9.17) is 4.52 Å². The molecular formula is C23H21F2N3O3. The first-order chi connectivity index (χ1) is 15.0. The highest BCUT2D eigenvalue weighted by Crippen LogP contribution is 2.28. The summed E-state index contributed by atoms with van der Waals surface area (Å²) >= 11 is 0. The summed E-state index contributed by atoms with van der Waals surface area (Å²) < 4.78 is 32.3. The molecule has 2 aromatic carbocycles. The van der Waals surface area contributed by atoms with Gasteiger partial charge in [-0.2, -0.15) is 0 Å². The number of likely N-dealkylation sites (tertiary alicyclic amines) is 1. The second-order valence-electron chi connectivity index (χ2n) is 7.47. The number of carbonyl (C=O) groups is 2. The molecule has 0 bridgehead atoms. The van der Waals surface area contributed by atoms with Gasteiger partial charge < -0.3 is 14.7 Å². The molecule has 1 aliphatic heterocycles. The zero-order valence-electron chi connectivity index (χ0n) is 16.7. The lowest BCUT2D eigenvalue weighted by molar-refractivity contribution is 0.0706. The Morgan fingerprint density at radius 2 is 1.84 bits per heavy atom. The van der Waals surface area contributed by atoms with Gasteiger partial charge in [-0.05, 0) is 42.7 Å². The number of aromatic nitrogens is 1. The molecule has 8 heteroatoms. The van der Waals surface area contributed by atoms with Crippen molar-refractivity contribution in [1.29, 1.82) is 0 Å². The van der Waals surface area contributed by atoms with Crippen LogP contribution in [0.3, 0.4) is 0 Å². The maximum atomic E-state index is 13.9. The molecule has 4 rings (SSSR count). The van der Waals surface area contributed by atoms with Crippen molar-refractivity contribution in [2.45, 2.75) is 25.3 Å². The van der Waals surface area contributed by atoms with Gasteiger partial charge in [0.05, 0.1) is 11.3 Å². The number of hydrogen-bond acceptors (Lipinski definition) is 4. The second kappa shape index (κ2) is 9.07. The van der Waals surface area contributed by atoms with E-state index < -0.39 is 11.7 Å². The smallest absolute Gasteiger partial charge is 0.290 e. The fourth-order valence-corrected chi connectivity index (χ4v) is 3.69. The molecule has 0 atom stereocenters. The number of carbonyl (C=O) groups excluding carboxylic acids is 2. The third-order valence-electron chi connectivity index (χ3n) is 5.40. The lowest BCUT2D eigenvalue weighted by Crippen LogP contribution is -2.38. The SMILES string of the molecule is O=C(NCc1cccc(F)c1)c1cc(C2CCN(C(=O)c3ccccc3F)CC2)no1. The number of halogens is 2. The van der Waals surface area contributed by atoms with Gasteiger partial charge in [0.1, 0.15) is 11.6 Å². The molecule has 0 unspecified atom stereocenters. The highest BCUT2D eigenvalue weighted by molar-refractivity contribution is 5.94. The van der Waals surface area contributed by atoms with Crippen molar-refractivity contribution in [3.8, 4) is 0 Å². The van der Waals surface area contributed by atoms with Gasteiger partial charge in [0, 0.05) is 31.6 Å². The number of benzene rings is 2. The molecule has 31 heavy (non-hydrogen) atoms. The molecule has 1 saturated heterocycles. The Morgan fingerprint density at radius 3 is 2.58 bits per heavy atom. The Hall–Kier alpha value is -3.55. The minimum atomic E-state index is -0.528. The first-order valence-corrected chi connectivity index (χ1v) is 10.0.